The van der Waals surface area contributed by atoms with Crippen molar-refractivity contribution in [1.82, 2.24) is 9.13 Å². The van der Waals surface area contributed by atoms with Crippen molar-refractivity contribution in [1.29, 1.82) is 0 Å². The predicted octanol–water partition coefficient (Wildman–Crippen LogP) is 12.4. The van der Waals surface area contributed by atoms with E-state index in [1.165, 1.54) is 82.3 Å². The fraction of sp³-hybridized carbons (Fsp3) is 0. The average Bonchev–Trinajstić information content (AvgIpc) is 3.67. The van der Waals surface area contributed by atoms with Crippen LogP contribution in [0.25, 0.3) is 88.0 Å². The molecule has 8 aromatic carbocycles. The van der Waals surface area contributed by atoms with Crippen LogP contribution in [0.1, 0.15) is 0 Å². The summed E-state index contributed by atoms with van der Waals surface area (Å²) in [6, 6.07) is 66.3. The Morgan fingerprint density at radius 1 is 0.271 bits per heavy atom. The van der Waals surface area contributed by atoms with Crippen LogP contribution in [0.2, 0.25) is 0 Å². The van der Waals surface area contributed by atoms with E-state index in [1.54, 1.807) is 0 Å². The van der Waals surface area contributed by atoms with Gasteiger partial charge >= 0.3 is 0 Å². The molecular formula is C46H30N2. The van der Waals surface area contributed by atoms with Crippen molar-refractivity contribution in [2.45, 2.75) is 0 Å². The summed E-state index contributed by atoms with van der Waals surface area (Å²) in [5.74, 6) is 0. The lowest BCUT2D eigenvalue weighted by Crippen LogP contribution is -1.95. The lowest BCUT2D eigenvalue weighted by Gasteiger charge is -2.13. The van der Waals surface area contributed by atoms with Gasteiger partial charge in [0.15, 0.2) is 0 Å². The van der Waals surface area contributed by atoms with Gasteiger partial charge in [-0.15, -0.1) is 0 Å². The molecule has 0 amide bonds. The maximum atomic E-state index is 2.43. The molecule has 10 aromatic rings. The molecule has 224 valence electrons. The van der Waals surface area contributed by atoms with Crippen LogP contribution in [-0.2, 0) is 0 Å². The number of para-hydroxylation sites is 3. The summed E-state index contributed by atoms with van der Waals surface area (Å²) < 4.78 is 4.82. The summed E-state index contributed by atoms with van der Waals surface area (Å²) in [7, 11) is 0. The summed E-state index contributed by atoms with van der Waals surface area (Å²) in [4.78, 5) is 0. The van der Waals surface area contributed by atoms with Crippen molar-refractivity contribution in [3.8, 4) is 33.6 Å². The van der Waals surface area contributed by atoms with Gasteiger partial charge in [0.1, 0.15) is 0 Å². The Balaban J connectivity index is 1.19. The molecule has 0 fully saturated rings. The molecule has 0 aliphatic carbocycles. The molecule has 2 heterocycles. The van der Waals surface area contributed by atoms with E-state index in [0.29, 0.717) is 0 Å². The SMILES string of the molecule is c1ccc(-n2c3ccccc3c3ccc(-c4ccc5c6ccccc6n(-c6cccc(-c7cccc8ccccc78)c6)c5c4)cc32)cc1. The van der Waals surface area contributed by atoms with Gasteiger partial charge in [-0.2, -0.15) is 0 Å². The zero-order chi connectivity index (χ0) is 31.6. The fourth-order valence-electron chi connectivity index (χ4n) is 7.72. The molecule has 0 saturated carbocycles. The third-order valence-corrected chi connectivity index (χ3v) is 9.90. The number of benzene rings is 8. The fourth-order valence-corrected chi connectivity index (χ4v) is 7.72. The Labute approximate surface area is 278 Å². The Morgan fingerprint density at radius 2 is 0.771 bits per heavy atom. The van der Waals surface area contributed by atoms with Crippen molar-refractivity contribution < 1.29 is 0 Å². The molecule has 0 aliphatic heterocycles. The number of aromatic nitrogens is 2. The monoisotopic (exact) mass is 610 g/mol. The van der Waals surface area contributed by atoms with Gasteiger partial charge in [0.25, 0.3) is 0 Å². The second kappa shape index (κ2) is 10.6. The van der Waals surface area contributed by atoms with Crippen LogP contribution < -0.4 is 0 Å². The number of fused-ring (bicyclic) bond motifs is 7. The molecule has 48 heavy (non-hydrogen) atoms. The minimum Gasteiger partial charge on any atom is -0.309 e. The van der Waals surface area contributed by atoms with E-state index in [-0.39, 0.29) is 0 Å². The van der Waals surface area contributed by atoms with Crippen molar-refractivity contribution in [2.75, 3.05) is 0 Å². The molecule has 0 atom stereocenters. The molecule has 10 rings (SSSR count). The molecule has 0 radical (unpaired) electrons. The van der Waals surface area contributed by atoms with Gasteiger partial charge in [0.05, 0.1) is 22.1 Å². The van der Waals surface area contributed by atoms with Crippen molar-refractivity contribution in [3.05, 3.63) is 182 Å². The summed E-state index contributed by atoms with van der Waals surface area (Å²) in [6.45, 7) is 0. The first kappa shape index (κ1) is 26.8. The molecule has 0 N–H and O–H groups in total. The highest BCUT2D eigenvalue weighted by Crippen LogP contribution is 2.39. The van der Waals surface area contributed by atoms with E-state index in [4.69, 9.17) is 0 Å². The third kappa shape index (κ3) is 4.06. The molecule has 0 saturated heterocycles. The highest BCUT2D eigenvalue weighted by molar-refractivity contribution is 6.12. The minimum absolute atomic E-state index is 1.16. The van der Waals surface area contributed by atoms with E-state index in [9.17, 15) is 0 Å². The summed E-state index contributed by atoms with van der Waals surface area (Å²) in [6.07, 6.45) is 0. The molecule has 0 aliphatic rings. The van der Waals surface area contributed by atoms with Gasteiger partial charge in [-0.3, -0.25) is 0 Å². The minimum atomic E-state index is 1.16. The summed E-state index contributed by atoms with van der Waals surface area (Å²) in [5.41, 5.74) is 12.0. The molecule has 0 bridgehead atoms. The van der Waals surface area contributed by atoms with Crippen LogP contribution in [-0.4, -0.2) is 9.13 Å². The maximum Gasteiger partial charge on any atom is 0.0547 e. The number of rotatable bonds is 4. The molecule has 2 nitrogen and oxygen atoms in total. The van der Waals surface area contributed by atoms with Crippen LogP contribution in [0.5, 0.6) is 0 Å². The second-order valence-corrected chi connectivity index (χ2v) is 12.6. The van der Waals surface area contributed by atoms with Gasteiger partial charge in [0.2, 0.25) is 0 Å². The van der Waals surface area contributed by atoms with E-state index < -0.39 is 0 Å². The molecule has 2 heteroatoms. The quantitative estimate of drug-likeness (QED) is 0.188. The average molecular weight is 611 g/mol. The van der Waals surface area contributed by atoms with E-state index >= 15 is 0 Å². The van der Waals surface area contributed by atoms with Crippen molar-refractivity contribution >= 4 is 54.4 Å². The summed E-state index contributed by atoms with van der Waals surface area (Å²) >= 11 is 0. The lowest BCUT2D eigenvalue weighted by atomic mass is 9.98. The first-order valence-corrected chi connectivity index (χ1v) is 16.5. The largest absolute Gasteiger partial charge is 0.309 e. The number of hydrogen-bond acceptors (Lipinski definition) is 0. The Kier molecular flexibility index (Phi) is 5.91. The summed E-state index contributed by atoms with van der Waals surface area (Å²) in [5, 5.41) is 7.57. The van der Waals surface area contributed by atoms with E-state index in [2.05, 4.69) is 191 Å². The first-order valence-electron chi connectivity index (χ1n) is 16.5. The number of hydrogen-bond donors (Lipinski definition) is 0. The van der Waals surface area contributed by atoms with E-state index in [0.717, 1.165) is 5.69 Å². The van der Waals surface area contributed by atoms with Gasteiger partial charge in [-0.1, -0.05) is 133 Å². The topological polar surface area (TPSA) is 9.86 Å². The highest BCUT2D eigenvalue weighted by atomic mass is 15.0. The zero-order valence-electron chi connectivity index (χ0n) is 26.2. The highest BCUT2D eigenvalue weighted by Gasteiger charge is 2.16. The molecular weight excluding hydrogens is 581 g/mol. The van der Waals surface area contributed by atoms with Crippen LogP contribution >= 0.6 is 0 Å². The van der Waals surface area contributed by atoms with Crippen molar-refractivity contribution in [3.63, 3.8) is 0 Å². The van der Waals surface area contributed by atoms with Crippen LogP contribution in [0.3, 0.4) is 0 Å². The molecule has 0 unspecified atom stereocenters. The van der Waals surface area contributed by atoms with Gasteiger partial charge in [-0.25, -0.2) is 0 Å². The van der Waals surface area contributed by atoms with Crippen molar-refractivity contribution in [2.24, 2.45) is 0 Å². The molecule has 0 spiro atoms. The van der Waals surface area contributed by atoms with Crippen LogP contribution in [0.15, 0.2) is 182 Å². The predicted molar refractivity (Wildman–Crippen MR) is 203 cm³/mol. The van der Waals surface area contributed by atoms with Gasteiger partial charge in [-0.05, 0) is 81.6 Å². The lowest BCUT2D eigenvalue weighted by molar-refractivity contribution is 1.18. The number of nitrogens with zero attached hydrogens (tertiary/aromatic N) is 2. The Hall–Kier alpha value is -6.38. The standard InChI is InChI=1S/C46H30N2/c1-2-15-35(16-3-1)47-43-22-8-6-19-39(43)41-26-24-32(29-45(41)47)33-25-27-42-40-20-7-9-23-44(40)48(46(42)30-33)36-17-10-14-34(28-36)38-21-11-13-31-12-4-5-18-37(31)38/h1-30H. The van der Waals surface area contributed by atoms with Gasteiger partial charge < -0.3 is 9.13 Å². The maximum absolute atomic E-state index is 2.43. The van der Waals surface area contributed by atoms with Crippen LogP contribution in [0, 0.1) is 0 Å². The molecule has 2 aromatic heterocycles. The second-order valence-electron chi connectivity index (χ2n) is 12.6. The van der Waals surface area contributed by atoms with Gasteiger partial charge in [0, 0.05) is 32.9 Å². The smallest absolute Gasteiger partial charge is 0.0547 e. The Bertz CT molecular complexity index is 2830. The first-order chi connectivity index (χ1) is 23.8. The normalized spacial score (nSPS) is 11.8. The zero-order valence-corrected chi connectivity index (χ0v) is 26.2. The van der Waals surface area contributed by atoms with Crippen LogP contribution in [0.4, 0.5) is 0 Å². The van der Waals surface area contributed by atoms with E-state index in [1.807, 2.05) is 0 Å². The Morgan fingerprint density at radius 3 is 1.46 bits per heavy atom. The third-order valence-electron chi connectivity index (χ3n) is 9.90.